The third-order valence-electron chi connectivity index (χ3n) is 4.04. The monoisotopic (exact) mass is 445 g/mol. The van der Waals surface area contributed by atoms with Crippen LogP contribution in [0.2, 0.25) is 5.02 Å². The van der Waals surface area contributed by atoms with Gasteiger partial charge in [-0.15, -0.1) is 0 Å². The van der Waals surface area contributed by atoms with Crippen molar-refractivity contribution in [2.45, 2.75) is 12.4 Å². The van der Waals surface area contributed by atoms with Crippen molar-refractivity contribution in [2.75, 3.05) is 12.3 Å². The quantitative estimate of drug-likeness (QED) is 0.489. The lowest BCUT2D eigenvalue weighted by Gasteiger charge is -2.08. The summed E-state index contributed by atoms with van der Waals surface area (Å²) in [6, 6.07) is 14.5. The van der Waals surface area contributed by atoms with Gasteiger partial charge < -0.3 is 9.26 Å². The summed E-state index contributed by atoms with van der Waals surface area (Å²) >= 11 is 9.27. The summed E-state index contributed by atoms with van der Waals surface area (Å²) in [5, 5.41) is 4.55. The van der Waals surface area contributed by atoms with E-state index in [0.29, 0.717) is 22.2 Å². The Morgan fingerprint density at radius 2 is 2.03 bits per heavy atom. The van der Waals surface area contributed by atoms with Crippen molar-refractivity contribution in [1.82, 2.24) is 10.1 Å². The molecule has 0 atom stereocenters. The van der Waals surface area contributed by atoms with Gasteiger partial charge in [0.05, 0.1) is 12.1 Å². The highest BCUT2D eigenvalue weighted by Gasteiger charge is 2.16. The van der Waals surface area contributed by atoms with Crippen molar-refractivity contribution in [3.63, 3.8) is 0 Å². The second-order valence-corrected chi connectivity index (χ2v) is 8.78. The predicted octanol–water partition coefficient (Wildman–Crippen LogP) is 5.08. The summed E-state index contributed by atoms with van der Waals surface area (Å²) in [5.74, 6) is 1.91. The van der Waals surface area contributed by atoms with Gasteiger partial charge in [0.1, 0.15) is 4.38 Å². The molecule has 2 heterocycles. The second kappa shape index (κ2) is 9.47. The highest BCUT2D eigenvalue weighted by molar-refractivity contribution is 8.38. The fourth-order valence-electron chi connectivity index (χ4n) is 2.62. The Hall–Kier alpha value is -2.29. The van der Waals surface area contributed by atoms with E-state index in [9.17, 15) is 4.79 Å². The summed E-state index contributed by atoms with van der Waals surface area (Å²) in [7, 11) is 0. The van der Waals surface area contributed by atoms with Crippen molar-refractivity contribution in [3.8, 4) is 11.4 Å². The first kappa shape index (κ1) is 20.0. The molecule has 4 rings (SSSR count). The number of halogens is 1. The number of thioether (sulfide) groups is 2. The number of benzene rings is 2. The molecule has 0 amide bonds. The lowest BCUT2D eigenvalue weighted by molar-refractivity contribution is 0.0429. The minimum atomic E-state index is -0.423. The fraction of sp³-hybridized carbons (Fsp3) is 0.200. The zero-order valence-electron chi connectivity index (χ0n) is 15.2. The van der Waals surface area contributed by atoms with E-state index in [-0.39, 0.29) is 12.5 Å². The van der Waals surface area contributed by atoms with Crippen LogP contribution in [0.15, 0.2) is 58.0 Å². The molecule has 0 bridgehead atoms. The molecule has 0 spiro atoms. The normalized spacial score (nSPS) is 13.3. The van der Waals surface area contributed by atoms with Crippen molar-refractivity contribution in [3.05, 3.63) is 70.6 Å². The molecule has 148 valence electrons. The molecule has 3 aromatic rings. The average molecular weight is 446 g/mol. The summed E-state index contributed by atoms with van der Waals surface area (Å²) in [6.45, 7) is 0.766. The smallest absolute Gasteiger partial charge is 0.338 e. The molecule has 0 saturated heterocycles. The molecular formula is C20H16ClN3O3S2. The number of ether oxygens (including phenoxy) is 1. The third kappa shape index (κ3) is 5.20. The van der Waals surface area contributed by atoms with Crippen LogP contribution >= 0.6 is 35.1 Å². The predicted molar refractivity (Wildman–Crippen MR) is 116 cm³/mol. The molecule has 0 radical (unpaired) electrons. The second-order valence-electron chi connectivity index (χ2n) is 6.04. The van der Waals surface area contributed by atoms with Gasteiger partial charge in [-0.05, 0) is 35.9 Å². The summed E-state index contributed by atoms with van der Waals surface area (Å²) in [5.41, 5.74) is 2.21. The zero-order chi connectivity index (χ0) is 20.1. The number of esters is 1. The van der Waals surface area contributed by atoms with Gasteiger partial charge in [-0.2, -0.15) is 4.98 Å². The highest BCUT2D eigenvalue weighted by Crippen LogP contribution is 2.27. The Bertz CT molecular complexity index is 1040. The minimum absolute atomic E-state index is 0.0938. The van der Waals surface area contributed by atoms with Gasteiger partial charge in [0.25, 0.3) is 5.89 Å². The summed E-state index contributed by atoms with van der Waals surface area (Å²) in [6.07, 6.45) is 0. The topological polar surface area (TPSA) is 77.6 Å². The molecule has 0 unspecified atom stereocenters. The molecule has 1 aliphatic rings. The molecule has 0 fully saturated rings. The molecule has 0 aliphatic carbocycles. The van der Waals surface area contributed by atoms with Gasteiger partial charge in [-0.25, -0.2) is 4.79 Å². The number of carbonyl (C=O) groups excluding carboxylic acids is 1. The lowest BCUT2D eigenvalue weighted by atomic mass is 10.1. The lowest BCUT2D eigenvalue weighted by Crippen LogP contribution is -2.08. The Labute approximate surface area is 181 Å². The molecule has 6 nitrogen and oxygen atoms in total. The largest absolute Gasteiger partial charge is 0.452 e. The van der Waals surface area contributed by atoms with Gasteiger partial charge in [0, 0.05) is 22.1 Å². The van der Waals surface area contributed by atoms with Crippen LogP contribution in [0.5, 0.6) is 0 Å². The van der Waals surface area contributed by atoms with E-state index in [4.69, 9.17) is 20.9 Å². The van der Waals surface area contributed by atoms with E-state index in [1.807, 2.05) is 18.2 Å². The number of rotatable bonds is 6. The Kier molecular flexibility index (Phi) is 6.53. The van der Waals surface area contributed by atoms with E-state index >= 15 is 0 Å². The Balaban J connectivity index is 1.38. The number of hydrogen-bond donors (Lipinski definition) is 0. The molecule has 29 heavy (non-hydrogen) atoms. The maximum absolute atomic E-state index is 12.6. The first-order chi connectivity index (χ1) is 14.2. The number of carbonyl (C=O) groups is 1. The SMILES string of the molecule is O=C(OCc1nc(-c2ccc(Cl)cc2)no1)c1ccccc1CSC1=NCCS1. The highest BCUT2D eigenvalue weighted by atomic mass is 35.5. The van der Waals surface area contributed by atoms with Crippen LogP contribution in [0, 0.1) is 0 Å². The first-order valence-electron chi connectivity index (χ1n) is 8.82. The number of nitrogens with zero attached hydrogens (tertiary/aromatic N) is 3. The maximum atomic E-state index is 12.6. The Morgan fingerprint density at radius 1 is 1.21 bits per heavy atom. The third-order valence-corrected chi connectivity index (χ3v) is 6.60. The molecule has 9 heteroatoms. The summed E-state index contributed by atoms with van der Waals surface area (Å²) in [4.78, 5) is 21.3. The van der Waals surface area contributed by atoms with Gasteiger partial charge in [-0.3, -0.25) is 4.99 Å². The van der Waals surface area contributed by atoms with Crippen molar-refractivity contribution in [2.24, 2.45) is 4.99 Å². The number of hydrogen-bond acceptors (Lipinski definition) is 8. The van der Waals surface area contributed by atoms with E-state index in [2.05, 4.69) is 15.1 Å². The van der Waals surface area contributed by atoms with Crippen molar-refractivity contribution < 1.29 is 14.1 Å². The van der Waals surface area contributed by atoms with Crippen LogP contribution in [0.4, 0.5) is 0 Å². The molecule has 2 aromatic carbocycles. The Morgan fingerprint density at radius 3 is 2.83 bits per heavy atom. The van der Waals surface area contributed by atoms with Gasteiger partial charge in [0.15, 0.2) is 6.61 Å². The van der Waals surface area contributed by atoms with Crippen molar-refractivity contribution >= 4 is 45.5 Å². The van der Waals surface area contributed by atoms with Crippen LogP contribution in [0.1, 0.15) is 21.8 Å². The average Bonchev–Trinajstić information content (AvgIpc) is 3.43. The number of aromatic nitrogens is 2. The van der Waals surface area contributed by atoms with E-state index < -0.39 is 5.97 Å². The van der Waals surface area contributed by atoms with Crippen LogP contribution in [0.3, 0.4) is 0 Å². The van der Waals surface area contributed by atoms with Crippen LogP contribution in [0.25, 0.3) is 11.4 Å². The minimum Gasteiger partial charge on any atom is -0.452 e. The van der Waals surface area contributed by atoms with Crippen LogP contribution < -0.4 is 0 Å². The fourth-order valence-corrected chi connectivity index (χ4v) is 4.76. The standard InChI is InChI=1S/C20H16ClN3O3S2/c21-15-7-5-13(6-8-15)18-23-17(27-24-18)11-26-19(25)16-4-2-1-3-14(16)12-29-20-22-9-10-28-20/h1-8H,9-12H2. The first-order valence-corrected chi connectivity index (χ1v) is 11.2. The molecule has 1 aliphatic heterocycles. The zero-order valence-corrected chi connectivity index (χ0v) is 17.6. The van der Waals surface area contributed by atoms with E-state index in [1.165, 1.54) is 0 Å². The van der Waals surface area contributed by atoms with Gasteiger partial charge in [0.2, 0.25) is 5.82 Å². The molecule has 1 aromatic heterocycles. The summed E-state index contributed by atoms with van der Waals surface area (Å²) < 4.78 is 11.6. The molecule has 0 N–H and O–H groups in total. The number of aliphatic imine (C=N–C) groups is 1. The van der Waals surface area contributed by atoms with Gasteiger partial charge in [-0.1, -0.05) is 58.5 Å². The molecular weight excluding hydrogens is 430 g/mol. The van der Waals surface area contributed by atoms with E-state index in [0.717, 1.165) is 27.8 Å². The van der Waals surface area contributed by atoms with Crippen LogP contribution in [-0.2, 0) is 17.1 Å². The maximum Gasteiger partial charge on any atom is 0.338 e. The van der Waals surface area contributed by atoms with Gasteiger partial charge >= 0.3 is 5.97 Å². The molecule has 0 saturated carbocycles. The van der Waals surface area contributed by atoms with Crippen LogP contribution in [-0.4, -0.2) is 32.8 Å². The van der Waals surface area contributed by atoms with Crippen molar-refractivity contribution in [1.29, 1.82) is 0 Å². The van der Waals surface area contributed by atoms with E-state index in [1.54, 1.807) is 53.9 Å².